The first kappa shape index (κ1) is 15.7. The molecule has 21 heavy (non-hydrogen) atoms. The SMILES string of the molecule is COc1c[nH]c(=O)[nH]c1=O.O=C(O)n1c(=O)cc[nH]c1=O. The summed E-state index contributed by atoms with van der Waals surface area (Å²) in [6, 6.07) is 0.954. The van der Waals surface area contributed by atoms with Gasteiger partial charge < -0.3 is 19.8 Å². The van der Waals surface area contributed by atoms with Crippen LogP contribution in [-0.2, 0) is 0 Å². The molecule has 11 heteroatoms. The zero-order valence-electron chi connectivity index (χ0n) is 10.6. The van der Waals surface area contributed by atoms with E-state index in [-0.39, 0.29) is 10.3 Å². The lowest BCUT2D eigenvalue weighted by Crippen LogP contribution is -2.38. The third-order valence-electron chi connectivity index (χ3n) is 2.05. The van der Waals surface area contributed by atoms with E-state index >= 15 is 0 Å². The number of rotatable bonds is 1. The Morgan fingerprint density at radius 2 is 1.90 bits per heavy atom. The molecule has 0 aliphatic heterocycles. The molecule has 0 bridgehead atoms. The van der Waals surface area contributed by atoms with E-state index in [0.29, 0.717) is 0 Å². The standard InChI is InChI=1S/C5H4N2O4.C5H6N2O3/c8-3-1-2-6-4(9)7(3)5(10)11;1-10-3-2-6-5(9)7-4(3)8/h1-2H,(H,6,9)(H,10,11);2H,1H3,(H2,6,7,8,9). The Morgan fingerprint density at radius 1 is 1.24 bits per heavy atom. The smallest absolute Gasteiger partial charge is 0.422 e. The largest absolute Gasteiger partial charge is 0.490 e. The molecular formula is C10H10N4O7. The van der Waals surface area contributed by atoms with Crippen LogP contribution in [0.2, 0.25) is 0 Å². The number of hydrogen-bond donors (Lipinski definition) is 4. The summed E-state index contributed by atoms with van der Waals surface area (Å²) in [5, 5.41) is 8.29. The molecule has 0 aliphatic rings. The fourth-order valence-electron chi connectivity index (χ4n) is 1.15. The summed E-state index contributed by atoms with van der Waals surface area (Å²) < 4.78 is 4.67. The van der Waals surface area contributed by atoms with Crippen molar-refractivity contribution in [3.05, 3.63) is 60.1 Å². The summed E-state index contributed by atoms with van der Waals surface area (Å²) in [6.07, 6.45) is 0.711. The fraction of sp³-hybridized carbons (Fsp3) is 0.100. The van der Waals surface area contributed by atoms with Crippen LogP contribution in [0.1, 0.15) is 0 Å². The van der Waals surface area contributed by atoms with Gasteiger partial charge in [0.1, 0.15) is 0 Å². The van der Waals surface area contributed by atoms with Crippen LogP contribution >= 0.6 is 0 Å². The maximum absolute atomic E-state index is 10.7. The summed E-state index contributed by atoms with van der Waals surface area (Å²) in [5.41, 5.74) is -2.87. The van der Waals surface area contributed by atoms with Crippen LogP contribution in [0.5, 0.6) is 5.75 Å². The van der Waals surface area contributed by atoms with Crippen LogP contribution in [0, 0.1) is 0 Å². The normalized spacial score (nSPS) is 9.38. The molecule has 0 unspecified atom stereocenters. The number of nitrogens with zero attached hydrogens (tertiary/aromatic N) is 1. The van der Waals surface area contributed by atoms with Gasteiger partial charge >= 0.3 is 17.5 Å². The molecular weight excluding hydrogens is 288 g/mol. The second kappa shape index (κ2) is 6.70. The highest BCUT2D eigenvalue weighted by atomic mass is 16.5. The Hall–Kier alpha value is -3.37. The molecule has 0 aliphatic carbocycles. The number of ether oxygens (including phenoxy) is 1. The molecule has 0 amide bonds. The molecule has 2 heterocycles. The molecule has 2 aromatic rings. The summed E-state index contributed by atoms with van der Waals surface area (Å²) in [6.45, 7) is 0. The molecule has 0 atom stereocenters. The fourth-order valence-corrected chi connectivity index (χ4v) is 1.15. The Bertz CT molecular complexity index is 828. The lowest BCUT2D eigenvalue weighted by atomic mass is 10.6. The first-order chi connectivity index (χ1) is 9.86. The van der Waals surface area contributed by atoms with E-state index in [1.54, 1.807) is 0 Å². The Kier molecular flexibility index (Phi) is 5.00. The molecule has 11 nitrogen and oxygen atoms in total. The minimum absolute atomic E-state index is 0.0833. The molecule has 4 N–H and O–H groups in total. The zero-order chi connectivity index (χ0) is 16.0. The molecule has 0 spiro atoms. The van der Waals surface area contributed by atoms with Crippen molar-refractivity contribution in [2.24, 2.45) is 0 Å². The van der Waals surface area contributed by atoms with E-state index in [1.165, 1.54) is 13.3 Å². The maximum Gasteiger partial charge on any atom is 0.422 e. The van der Waals surface area contributed by atoms with E-state index in [1.807, 2.05) is 9.97 Å². The molecule has 0 fully saturated rings. The molecule has 112 valence electrons. The van der Waals surface area contributed by atoms with E-state index in [0.717, 1.165) is 12.3 Å². The second-order valence-electron chi connectivity index (χ2n) is 3.38. The van der Waals surface area contributed by atoms with Gasteiger partial charge in [0.05, 0.1) is 13.3 Å². The van der Waals surface area contributed by atoms with Crippen molar-refractivity contribution in [2.75, 3.05) is 7.11 Å². The zero-order valence-corrected chi connectivity index (χ0v) is 10.6. The first-order valence-corrected chi connectivity index (χ1v) is 5.27. The number of nitrogens with one attached hydrogen (secondary N) is 3. The van der Waals surface area contributed by atoms with Crippen LogP contribution in [0.15, 0.2) is 37.6 Å². The molecule has 0 saturated carbocycles. The van der Waals surface area contributed by atoms with Gasteiger partial charge in [-0.1, -0.05) is 0 Å². The summed E-state index contributed by atoms with van der Waals surface area (Å²) in [5.74, 6) is 0.0969. The number of aromatic amines is 3. The number of H-pyrrole nitrogens is 3. The Morgan fingerprint density at radius 3 is 2.33 bits per heavy atom. The Balaban J connectivity index is 0.000000211. The number of carbonyl (C=O) groups is 1. The molecule has 0 aromatic carbocycles. The quantitative estimate of drug-likeness (QED) is 0.478. The summed E-state index contributed by atoms with van der Waals surface area (Å²) >= 11 is 0. The summed E-state index contributed by atoms with van der Waals surface area (Å²) in [7, 11) is 1.35. The van der Waals surface area contributed by atoms with Crippen molar-refractivity contribution >= 4 is 6.09 Å². The third-order valence-corrected chi connectivity index (χ3v) is 2.05. The topological polar surface area (TPSA) is 167 Å². The van der Waals surface area contributed by atoms with Crippen LogP contribution < -0.4 is 27.2 Å². The van der Waals surface area contributed by atoms with Crippen LogP contribution in [0.3, 0.4) is 0 Å². The highest BCUT2D eigenvalue weighted by Crippen LogP contribution is 1.91. The van der Waals surface area contributed by atoms with Gasteiger partial charge in [0, 0.05) is 12.3 Å². The summed E-state index contributed by atoms with van der Waals surface area (Å²) in [4.78, 5) is 58.8. The molecule has 2 aromatic heterocycles. The average molecular weight is 298 g/mol. The van der Waals surface area contributed by atoms with Crippen LogP contribution in [0.25, 0.3) is 0 Å². The lowest BCUT2D eigenvalue weighted by molar-refractivity contribution is 0.194. The second-order valence-corrected chi connectivity index (χ2v) is 3.38. The first-order valence-electron chi connectivity index (χ1n) is 5.27. The monoisotopic (exact) mass is 298 g/mol. The van der Waals surface area contributed by atoms with Crippen molar-refractivity contribution in [1.29, 1.82) is 0 Å². The van der Waals surface area contributed by atoms with Gasteiger partial charge in [0.2, 0.25) is 5.75 Å². The predicted molar refractivity (Wildman–Crippen MR) is 69.0 cm³/mol. The van der Waals surface area contributed by atoms with Crippen molar-refractivity contribution in [3.63, 3.8) is 0 Å². The van der Waals surface area contributed by atoms with E-state index in [4.69, 9.17) is 5.11 Å². The van der Waals surface area contributed by atoms with Gasteiger partial charge in [0.25, 0.3) is 11.1 Å². The van der Waals surface area contributed by atoms with Gasteiger partial charge in [-0.25, -0.2) is 14.4 Å². The third kappa shape index (κ3) is 4.05. The van der Waals surface area contributed by atoms with Crippen LogP contribution in [-0.4, -0.2) is 37.8 Å². The Labute approximate surface area is 114 Å². The van der Waals surface area contributed by atoms with Gasteiger partial charge in [-0.15, -0.1) is 0 Å². The van der Waals surface area contributed by atoms with Gasteiger partial charge in [-0.3, -0.25) is 14.6 Å². The minimum Gasteiger partial charge on any atom is -0.490 e. The van der Waals surface area contributed by atoms with Gasteiger partial charge in [0.15, 0.2) is 0 Å². The molecule has 2 rings (SSSR count). The van der Waals surface area contributed by atoms with E-state index in [9.17, 15) is 24.0 Å². The van der Waals surface area contributed by atoms with Crippen molar-refractivity contribution in [1.82, 2.24) is 19.5 Å². The van der Waals surface area contributed by atoms with Crippen molar-refractivity contribution in [2.45, 2.75) is 0 Å². The van der Waals surface area contributed by atoms with Crippen molar-refractivity contribution < 1.29 is 14.6 Å². The average Bonchev–Trinajstić information content (AvgIpc) is 2.39. The van der Waals surface area contributed by atoms with Crippen LogP contribution in [0.4, 0.5) is 4.79 Å². The van der Waals surface area contributed by atoms with E-state index in [2.05, 4.69) is 9.72 Å². The minimum atomic E-state index is -1.59. The predicted octanol–water partition coefficient (Wildman–Crippen LogP) is -1.87. The van der Waals surface area contributed by atoms with Gasteiger partial charge in [-0.05, 0) is 0 Å². The highest BCUT2D eigenvalue weighted by Gasteiger charge is 2.05. The molecule has 0 radical (unpaired) electrons. The van der Waals surface area contributed by atoms with Gasteiger partial charge in [-0.2, -0.15) is 4.57 Å². The maximum atomic E-state index is 10.7. The number of aromatic nitrogens is 4. The lowest BCUT2D eigenvalue weighted by Gasteiger charge is -1.93. The van der Waals surface area contributed by atoms with Crippen molar-refractivity contribution in [3.8, 4) is 5.75 Å². The number of hydrogen-bond acceptors (Lipinski definition) is 6. The number of methoxy groups -OCH3 is 1. The number of carboxylic acid groups (broad SMARTS) is 1. The highest BCUT2D eigenvalue weighted by molar-refractivity contribution is 5.67. The van der Waals surface area contributed by atoms with E-state index < -0.39 is 28.6 Å². The molecule has 0 saturated heterocycles.